The molecule has 4 aromatic rings. The molecule has 10 nitrogen and oxygen atoms in total. The van der Waals surface area contributed by atoms with E-state index in [0.717, 1.165) is 18.5 Å². The minimum absolute atomic E-state index is 0.00829. The van der Waals surface area contributed by atoms with Crippen LogP contribution in [0.5, 0.6) is 5.75 Å². The standard InChI is InChI=1S/C32H35N3O7S2/c1-4-35(44(40,41)28-11-6-5-7-12-28)21-26-20-29(36)31(32(37)42-26)30(22-13-14-22)23-9-8-10-24(19-23)33-43(38,39)27-17-15-25(16-18-27)34(2)3/h5-12,15-20,22,30,33,36H,4,13-14,21H2,1-3H3. The van der Waals surface area contributed by atoms with Gasteiger partial charge in [0.2, 0.25) is 10.0 Å². The minimum Gasteiger partial charge on any atom is -0.507 e. The first-order valence-corrected chi connectivity index (χ1v) is 17.1. The first kappa shape index (κ1) is 31.3. The lowest BCUT2D eigenvalue weighted by atomic mass is 9.87. The summed E-state index contributed by atoms with van der Waals surface area (Å²) in [4.78, 5) is 15.5. The van der Waals surface area contributed by atoms with Gasteiger partial charge in [-0.05, 0) is 72.9 Å². The maximum absolute atomic E-state index is 13.4. The average molecular weight is 638 g/mol. The van der Waals surface area contributed by atoms with Gasteiger partial charge in [-0.1, -0.05) is 37.3 Å². The Morgan fingerprint density at radius 3 is 2.18 bits per heavy atom. The second-order valence-corrected chi connectivity index (χ2v) is 14.6. The first-order valence-electron chi connectivity index (χ1n) is 14.2. The fraction of sp³-hybridized carbons (Fsp3) is 0.281. The van der Waals surface area contributed by atoms with Crippen molar-refractivity contribution >= 4 is 31.4 Å². The van der Waals surface area contributed by atoms with Crippen molar-refractivity contribution in [3.05, 3.63) is 112 Å². The molecule has 0 saturated heterocycles. The highest BCUT2D eigenvalue weighted by Crippen LogP contribution is 2.48. The van der Waals surface area contributed by atoms with Gasteiger partial charge in [0.15, 0.2) is 0 Å². The van der Waals surface area contributed by atoms with Crippen LogP contribution in [-0.4, -0.2) is 46.9 Å². The van der Waals surface area contributed by atoms with Gasteiger partial charge in [-0.15, -0.1) is 0 Å². The highest BCUT2D eigenvalue weighted by molar-refractivity contribution is 7.92. The van der Waals surface area contributed by atoms with Gasteiger partial charge in [0.1, 0.15) is 11.5 Å². The third-order valence-corrected chi connectivity index (χ3v) is 11.0. The minimum atomic E-state index is -3.89. The number of nitrogens with one attached hydrogen (secondary N) is 1. The molecular weight excluding hydrogens is 603 g/mol. The van der Waals surface area contributed by atoms with Crippen molar-refractivity contribution in [2.75, 3.05) is 30.3 Å². The van der Waals surface area contributed by atoms with Crippen LogP contribution in [0.1, 0.15) is 42.6 Å². The highest BCUT2D eigenvalue weighted by Gasteiger charge is 2.38. The molecule has 12 heteroatoms. The summed E-state index contributed by atoms with van der Waals surface area (Å²) in [7, 11) is -4.02. The van der Waals surface area contributed by atoms with Crippen molar-refractivity contribution in [2.45, 2.75) is 42.0 Å². The van der Waals surface area contributed by atoms with E-state index >= 15 is 0 Å². The molecule has 3 aromatic carbocycles. The molecule has 1 unspecified atom stereocenters. The van der Waals surface area contributed by atoms with Crippen LogP contribution in [0.3, 0.4) is 0 Å². The van der Waals surface area contributed by atoms with E-state index in [1.54, 1.807) is 61.5 Å². The lowest BCUT2D eigenvalue weighted by molar-refractivity contribution is 0.345. The predicted octanol–water partition coefficient (Wildman–Crippen LogP) is 4.96. The maximum Gasteiger partial charge on any atom is 0.343 e. The summed E-state index contributed by atoms with van der Waals surface area (Å²) < 4.78 is 61.9. The Hall–Kier alpha value is -4.13. The molecule has 44 heavy (non-hydrogen) atoms. The number of aromatic hydroxyl groups is 1. The quantitative estimate of drug-likeness (QED) is 0.222. The van der Waals surface area contributed by atoms with E-state index in [4.69, 9.17) is 4.42 Å². The molecule has 0 bridgehead atoms. The fourth-order valence-corrected chi connectivity index (χ4v) is 7.71. The number of sulfonamides is 2. The van der Waals surface area contributed by atoms with Crippen molar-refractivity contribution in [2.24, 2.45) is 5.92 Å². The highest BCUT2D eigenvalue weighted by atomic mass is 32.2. The number of hydrogen-bond acceptors (Lipinski definition) is 8. The van der Waals surface area contributed by atoms with Crippen LogP contribution in [0.25, 0.3) is 0 Å². The molecule has 1 aromatic heterocycles. The number of anilines is 2. The van der Waals surface area contributed by atoms with E-state index in [-0.39, 0.29) is 45.9 Å². The van der Waals surface area contributed by atoms with Crippen LogP contribution in [0.2, 0.25) is 0 Å². The van der Waals surface area contributed by atoms with Gasteiger partial charge in [-0.25, -0.2) is 21.6 Å². The molecule has 1 heterocycles. The summed E-state index contributed by atoms with van der Waals surface area (Å²) in [6.45, 7) is 1.56. The monoisotopic (exact) mass is 637 g/mol. The summed E-state index contributed by atoms with van der Waals surface area (Å²) in [5.74, 6) is -0.785. The molecule has 232 valence electrons. The Balaban J connectivity index is 1.42. The van der Waals surface area contributed by atoms with Crippen molar-refractivity contribution in [3.8, 4) is 5.75 Å². The van der Waals surface area contributed by atoms with Crippen LogP contribution in [0.15, 0.2) is 104 Å². The van der Waals surface area contributed by atoms with E-state index in [1.165, 1.54) is 34.6 Å². The van der Waals surface area contributed by atoms with E-state index in [1.807, 2.05) is 19.0 Å². The Morgan fingerprint density at radius 2 is 1.59 bits per heavy atom. The van der Waals surface area contributed by atoms with Crippen LogP contribution < -0.4 is 15.2 Å². The zero-order valence-corrected chi connectivity index (χ0v) is 26.3. The van der Waals surface area contributed by atoms with Gasteiger partial charge in [-0.3, -0.25) is 4.72 Å². The van der Waals surface area contributed by atoms with Gasteiger partial charge in [-0.2, -0.15) is 4.31 Å². The lowest BCUT2D eigenvalue weighted by Crippen LogP contribution is -2.31. The second-order valence-electron chi connectivity index (χ2n) is 11.0. The van der Waals surface area contributed by atoms with E-state index in [9.17, 15) is 26.7 Å². The topological polar surface area (TPSA) is 137 Å². The van der Waals surface area contributed by atoms with Crippen molar-refractivity contribution < 1.29 is 26.4 Å². The predicted molar refractivity (Wildman–Crippen MR) is 169 cm³/mol. The van der Waals surface area contributed by atoms with Crippen LogP contribution in [0.4, 0.5) is 11.4 Å². The van der Waals surface area contributed by atoms with E-state index in [0.29, 0.717) is 11.3 Å². The molecule has 0 radical (unpaired) electrons. The van der Waals surface area contributed by atoms with E-state index in [2.05, 4.69) is 4.72 Å². The Morgan fingerprint density at radius 1 is 0.909 bits per heavy atom. The molecule has 2 N–H and O–H groups in total. The second kappa shape index (κ2) is 12.5. The third-order valence-electron chi connectivity index (χ3n) is 7.65. The summed E-state index contributed by atoms with van der Waals surface area (Å²) in [5, 5.41) is 11.1. The van der Waals surface area contributed by atoms with Crippen molar-refractivity contribution in [3.63, 3.8) is 0 Å². The SMILES string of the molecule is CCN(Cc1cc(O)c(C(c2cccc(NS(=O)(=O)c3ccc(N(C)C)cc3)c2)C2CC2)c(=O)o1)S(=O)(=O)c1ccccc1. The molecule has 1 saturated carbocycles. The zero-order valence-electron chi connectivity index (χ0n) is 24.7. The number of rotatable bonds is 12. The number of benzene rings is 3. The maximum atomic E-state index is 13.4. The van der Waals surface area contributed by atoms with Crippen molar-refractivity contribution in [1.82, 2.24) is 4.31 Å². The summed E-state index contributed by atoms with van der Waals surface area (Å²) >= 11 is 0. The first-order chi connectivity index (χ1) is 20.9. The van der Waals surface area contributed by atoms with Gasteiger partial charge in [0, 0.05) is 44.0 Å². The molecule has 1 aliphatic rings. The molecule has 0 amide bonds. The Bertz CT molecular complexity index is 1900. The largest absolute Gasteiger partial charge is 0.507 e. The molecule has 5 rings (SSSR count). The summed E-state index contributed by atoms with van der Waals surface area (Å²) in [5.41, 5.74) is 1.12. The van der Waals surface area contributed by atoms with Crippen LogP contribution in [-0.2, 0) is 26.6 Å². The van der Waals surface area contributed by atoms with Crippen LogP contribution in [0, 0.1) is 5.92 Å². The molecular formula is C32H35N3O7S2. The van der Waals surface area contributed by atoms with Gasteiger partial charge >= 0.3 is 5.63 Å². The molecule has 0 aliphatic heterocycles. The van der Waals surface area contributed by atoms with Gasteiger partial charge < -0.3 is 14.4 Å². The third kappa shape index (κ3) is 6.67. The smallest absolute Gasteiger partial charge is 0.343 e. The van der Waals surface area contributed by atoms with Crippen LogP contribution >= 0.6 is 0 Å². The van der Waals surface area contributed by atoms with Gasteiger partial charge in [0.25, 0.3) is 10.0 Å². The average Bonchev–Trinajstić information content (AvgIpc) is 3.83. The Labute approximate surface area is 257 Å². The molecule has 1 atom stereocenters. The normalized spacial score (nSPS) is 14.4. The molecule has 1 aliphatic carbocycles. The summed E-state index contributed by atoms with van der Waals surface area (Å²) in [6.07, 6.45) is 1.64. The molecule has 1 fully saturated rings. The number of hydrogen-bond donors (Lipinski definition) is 2. The number of nitrogens with zero attached hydrogens (tertiary/aromatic N) is 2. The molecule has 0 spiro atoms. The Kier molecular flexibility index (Phi) is 8.87. The fourth-order valence-electron chi connectivity index (χ4n) is 5.22. The van der Waals surface area contributed by atoms with Crippen molar-refractivity contribution in [1.29, 1.82) is 0 Å². The summed E-state index contributed by atoms with van der Waals surface area (Å²) in [6, 6.07) is 22.5. The van der Waals surface area contributed by atoms with Gasteiger partial charge in [0.05, 0.1) is 21.9 Å². The zero-order chi connectivity index (χ0) is 31.6. The lowest BCUT2D eigenvalue weighted by Gasteiger charge is -2.21. The van der Waals surface area contributed by atoms with E-state index < -0.39 is 31.6 Å².